The summed E-state index contributed by atoms with van der Waals surface area (Å²) in [5.74, 6) is 1.76. The van der Waals surface area contributed by atoms with Crippen molar-refractivity contribution in [3.8, 4) is 34.4 Å². The first kappa shape index (κ1) is 35.1. The van der Waals surface area contributed by atoms with Crippen LogP contribution in [-0.2, 0) is 12.8 Å². The Morgan fingerprint density at radius 1 is 0.458 bits per heavy atom. The first-order valence-corrected chi connectivity index (χ1v) is 21.0. The van der Waals surface area contributed by atoms with Crippen molar-refractivity contribution >= 4 is 65.6 Å². The summed E-state index contributed by atoms with van der Waals surface area (Å²) < 4.78 is 11.2. The Kier molecular flexibility index (Phi) is 8.58. The van der Waals surface area contributed by atoms with E-state index in [-0.39, 0.29) is 0 Å². The lowest BCUT2D eigenvalue weighted by atomic mass is 10.0. The molecular formula is C53H43N5O. The van der Waals surface area contributed by atoms with E-state index in [2.05, 4.69) is 156 Å². The average Bonchev–Trinajstić information content (AvgIpc) is 3.95. The van der Waals surface area contributed by atoms with E-state index >= 15 is 0 Å². The van der Waals surface area contributed by atoms with Crippen LogP contribution in [0, 0.1) is 0 Å². The summed E-state index contributed by atoms with van der Waals surface area (Å²) in [4.78, 5) is 15.8. The van der Waals surface area contributed by atoms with Crippen molar-refractivity contribution < 1.29 is 4.42 Å². The molecule has 286 valence electrons. The number of hydrogen-bond acceptors (Lipinski definition) is 4. The summed E-state index contributed by atoms with van der Waals surface area (Å²) in [5, 5.41) is 6.84. The third-order valence-electron chi connectivity index (χ3n) is 12.0. The molecule has 0 unspecified atom stereocenters. The lowest BCUT2D eigenvalue weighted by Crippen LogP contribution is -2.06. The second kappa shape index (κ2) is 14.4. The minimum atomic E-state index is 0.565. The van der Waals surface area contributed by atoms with Crippen LogP contribution in [0.4, 0.5) is 0 Å². The predicted octanol–water partition coefficient (Wildman–Crippen LogP) is 14.0. The van der Waals surface area contributed by atoms with Crippen molar-refractivity contribution in [1.29, 1.82) is 0 Å². The van der Waals surface area contributed by atoms with E-state index in [4.69, 9.17) is 19.4 Å². The molecule has 59 heavy (non-hydrogen) atoms. The molecule has 0 spiro atoms. The van der Waals surface area contributed by atoms with Crippen molar-refractivity contribution in [2.24, 2.45) is 0 Å². The molecule has 0 aliphatic rings. The van der Waals surface area contributed by atoms with Gasteiger partial charge in [0.25, 0.3) is 0 Å². The smallest absolute Gasteiger partial charge is 0.238 e. The molecule has 4 aromatic heterocycles. The molecule has 0 atom stereocenters. The fourth-order valence-electron chi connectivity index (χ4n) is 8.99. The molecule has 0 fully saturated rings. The molecule has 0 aliphatic heterocycles. The predicted molar refractivity (Wildman–Crippen MR) is 244 cm³/mol. The number of para-hydroxylation sites is 2. The van der Waals surface area contributed by atoms with Gasteiger partial charge < -0.3 is 8.98 Å². The van der Waals surface area contributed by atoms with E-state index in [1.807, 2.05) is 18.2 Å². The van der Waals surface area contributed by atoms with Crippen LogP contribution in [0.2, 0.25) is 0 Å². The van der Waals surface area contributed by atoms with Gasteiger partial charge in [0.15, 0.2) is 11.6 Å². The Hall–Kier alpha value is -7.05. The van der Waals surface area contributed by atoms with Gasteiger partial charge in [0.05, 0.1) is 22.1 Å². The van der Waals surface area contributed by atoms with E-state index in [0.717, 1.165) is 103 Å². The summed E-state index contributed by atoms with van der Waals surface area (Å²) in [6.45, 7) is 4.48. The third kappa shape index (κ3) is 5.89. The average molecular weight is 766 g/mol. The number of benzene rings is 7. The van der Waals surface area contributed by atoms with Gasteiger partial charge >= 0.3 is 0 Å². The Morgan fingerprint density at radius 2 is 1.07 bits per heavy atom. The van der Waals surface area contributed by atoms with Gasteiger partial charge in [-0.2, -0.15) is 9.97 Å². The normalized spacial score (nSPS) is 12.0. The van der Waals surface area contributed by atoms with Gasteiger partial charge in [0.1, 0.15) is 11.2 Å². The number of fused-ring (bicyclic) bond motifs is 10. The molecule has 6 nitrogen and oxygen atoms in total. The van der Waals surface area contributed by atoms with Crippen LogP contribution in [0.5, 0.6) is 0 Å². The Balaban J connectivity index is 1.16. The molecule has 0 saturated carbocycles. The molecule has 4 heterocycles. The molecule has 11 rings (SSSR count). The molecule has 0 saturated heterocycles. The van der Waals surface area contributed by atoms with Gasteiger partial charge in [-0.25, -0.2) is 4.98 Å². The standard InChI is InChI=1S/C53H43N5O/c1-3-5-14-34-22-26-38(27-23-34)57-45-21-13-11-19-43(45)49-46(57)31-30-42-39-18-10-12-20-44(39)58(50(42)49)53-55-51(36-16-8-7-9-17-36)54-52(56-53)37-25-29-41-40-28-24-35(15-6-4-2)32-47(40)59-48(41)33-37/h7-13,16-33H,3-6,14-15H2,1-2H3. The fraction of sp³-hybridized carbons (Fsp3) is 0.151. The van der Waals surface area contributed by atoms with Crippen molar-refractivity contribution in [1.82, 2.24) is 24.1 Å². The van der Waals surface area contributed by atoms with Crippen LogP contribution in [-0.4, -0.2) is 24.1 Å². The highest BCUT2D eigenvalue weighted by atomic mass is 16.3. The molecule has 0 N–H and O–H groups in total. The molecule has 0 amide bonds. The molecule has 11 aromatic rings. The topological polar surface area (TPSA) is 61.7 Å². The summed E-state index contributed by atoms with van der Waals surface area (Å²) in [5.41, 5.74) is 11.7. The van der Waals surface area contributed by atoms with E-state index in [9.17, 15) is 0 Å². The molecule has 0 bridgehead atoms. The Morgan fingerprint density at radius 3 is 1.83 bits per heavy atom. The number of aryl methyl sites for hydroxylation is 2. The van der Waals surface area contributed by atoms with E-state index in [1.54, 1.807) is 0 Å². The SMILES string of the molecule is CCCCc1ccc(-n2c3ccccc3c3c2ccc2c4ccccc4n(-c4nc(-c5ccccc5)nc(-c5ccc6c(c5)oc5cc(CCCC)ccc56)n4)c23)cc1. The van der Waals surface area contributed by atoms with Gasteiger partial charge in [0, 0.05) is 49.1 Å². The van der Waals surface area contributed by atoms with Gasteiger partial charge in [-0.15, -0.1) is 0 Å². The summed E-state index contributed by atoms with van der Waals surface area (Å²) in [6.07, 6.45) is 6.84. The number of rotatable bonds is 10. The van der Waals surface area contributed by atoms with Gasteiger partial charge in [-0.1, -0.05) is 130 Å². The second-order valence-corrected chi connectivity index (χ2v) is 15.7. The van der Waals surface area contributed by atoms with Crippen molar-refractivity contribution in [3.05, 3.63) is 163 Å². The highest BCUT2D eigenvalue weighted by Crippen LogP contribution is 2.42. The monoisotopic (exact) mass is 765 g/mol. The van der Waals surface area contributed by atoms with E-state index < -0.39 is 0 Å². The van der Waals surface area contributed by atoms with Crippen LogP contribution in [0.3, 0.4) is 0 Å². The first-order chi connectivity index (χ1) is 29.2. The lowest BCUT2D eigenvalue weighted by molar-refractivity contribution is 0.667. The van der Waals surface area contributed by atoms with Crippen molar-refractivity contribution in [2.45, 2.75) is 52.4 Å². The summed E-state index contributed by atoms with van der Waals surface area (Å²) in [6, 6.07) is 54.2. The van der Waals surface area contributed by atoms with Crippen LogP contribution in [0.25, 0.3) is 100.0 Å². The fourth-order valence-corrected chi connectivity index (χ4v) is 8.99. The zero-order valence-corrected chi connectivity index (χ0v) is 33.3. The van der Waals surface area contributed by atoms with Crippen LogP contribution >= 0.6 is 0 Å². The Labute approximate surface area is 342 Å². The van der Waals surface area contributed by atoms with Crippen LogP contribution < -0.4 is 0 Å². The largest absolute Gasteiger partial charge is 0.456 e. The zero-order valence-electron chi connectivity index (χ0n) is 33.3. The minimum absolute atomic E-state index is 0.565. The summed E-state index contributed by atoms with van der Waals surface area (Å²) in [7, 11) is 0. The molecule has 0 radical (unpaired) electrons. The highest BCUT2D eigenvalue weighted by molar-refractivity contribution is 6.26. The van der Waals surface area contributed by atoms with Gasteiger partial charge in [-0.3, -0.25) is 4.57 Å². The molecule has 7 aromatic carbocycles. The quantitative estimate of drug-likeness (QED) is 0.139. The highest BCUT2D eigenvalue weighted by Gasteiger charge is 2.23. The number of unbranched alkanes of at least 4 members (excludes halogenated alkanes) is 2. The summed E-state index contributed by atoms with van der Waals surface area (Å²) >= 11 is 0. The van der Waals surface area contributed by atoms with Crippen molar-refractivity contribution in [2.75, 3.05) is 0 Å². The first-order valence-electron chi connectivity index (χ1n) is 21.0. The third-order valence-corrected chi connectivity index (χ3v) is 12.0. The second-order valence-electron chi connectivity index (χ2n) is 15.7. The minimum Gasteiger partial charge on any atom is -0.456 e. The number of nitrogens with zero attached hydrogens (tertiary/aromatic N) is 5. The number of aromatic nitrogens is 5. The molecule has 0 aliphatic carbocycles. The number of hydrogen-bond donors (Lipinski definition) is 0. The van der Waals surface area contributed by atoms with E-state index in [0.29, 0.717) is 17.6 Å². The zero-order chi connectivity index (χ0) is 39.5. The lowest BCUT2D eigenvalue weighted by Gasteiger charge is -2.12. The van der Waals surface area contributed by atoms with Crippen LogP contribution in [0.1, 0.15) is 50.7 Å². The maximum Gasteiger partial charge on any atom is 0.238 e. The van der Waals surface area contributed by atoms with Crippen LogP contribution in [0.15, 0.2) is 156 Å². The van der Waals surface area contributed by atoms with E-state index in [1.165, 1.54) is 29.4 Å². The van der Waals surface area contributed by atoms with Gasteiger partial charge in [-0.05, 0) is 85.3 Å². The maximum atomic E-state index is 6.54. The maximum absolute atomic E-state index is 6.54. The molecule has 6 heteroatoms. The van der Waals surface area contributed by atoms with Gasteiger partial charge in [0.2, 0.25) is 5.95 Å². The Bertz CT molecular complexity index is 3350. The number of furan rings is 1. The van der Waals surface area contributed by atoms with Crippen molar-refractivity contribution in [3.63, 3.8) is 0 Å². The molecular weight excluding hydrogens is 723 g/mol.